The predicted molar refractivity (Wildman–Crippen MR) is 117 cm³/mol. The molecule has 1 N–H and O–H groups in total. The summed E-state index contributed by atoms with van der Waals surface area (Å²) in [7, 11) is 0. The Kier molecular flexibility index (Phi) is 4.76. The average Bonchev–Trinajstić information content (AvgIpc) is 3.42. The van der Waals surface area contributed by atoms with Crippen LogP contribution in [0.1, 0.15) is 21.7 Å². The quantitative estimate of drug-likeness (QED) is 0.467. The Labute approximate surface area is 178 Å². The summed E-state index contributed by atoms with van der Waals surface area (Å²) in [5.41, 5.74) is 4.44. The van der Waals surface area contributed by atoms with E-state index in [1.54, 1.807) is 4.68 Å². The predicted octanol–water partition coefficient (Wildman–Crippen LogP) is 4.31. The number of benzene rings is 3. The molecule has 0 atom stereocenters. The third kappa shape index (κ3) is 3.57. The van der Waals surface area contributed by atoms with Crippen molar-refractivity contribution in [1.82, 2.24) is 25.5 Å². The minimum absolute atomic E-state index is 0.261. The van der Waals surface area contributed by atoms with E-state index in [9.17, 15) is 4.79 Å². The standard InChI is InChI=1S/C24H19N5O2/c1-16-22(24(30)25-15-17-8-4-2-5-9-17)26-28-29(16)19-12-13-21-20(14-19)23(31-27-21)18-10-6-3-7-11-18/h2-14H,15H2,1H3,(H,25,30). The third-order valence-electron chi connectivity index (χ3n) is 5.15. The molecule has 0 radical (unpaired) electrons. The molecule has 0 spiro atoms. The van der Waals surface area contributed by atoms with E-state index in [0.717, 1.165) is 27.7 Å². The Morgan fingerprint density at radius 1 is 1.00 bits per heavy atom. The van der Waals surface area contributed by atoms with Crippen molar-refractivity contribution in [3.05, 3.63) is 95.8 Å². The summed E-state index contributed by atoms with van der Waals surface area (Å²) in [6, 6.07) is 25.3. The number of carbonyl (C=O) groups excluding carboxylic acids is 1. The molecular weight excluding hydrogens is 390 g/mol. The Bertz CT molecular complexity index is 1360. The summed E-state index contributed by atoms with van der Waals surface area (Å²) in [5, 5.41) is 16.2. The number of hydrogen-bond donors (Lipinski definition) is 1. The maximum absolute atomic E-state index is 12.6. The molecule has 0 saturated carbocycles. The largest absolute Gasteiger partial charge is 0.355 e. The van der Waals surface area contributed by atoms with Gasteiger partial charge in [0.15, 0.2) is 11.5 Å². The highest BCUT2D eigenvalue weighted by atomic mass is 16.5. The lowest BCUT2D eigenvalue weighted by Crippen LogP contribution is -2.24. The van der Waals surface area contributed by atoms with Crippen molar-refractivity contribution in [1.29, 1.82) is 0 Å². The molecule has 3 aromatic carbocycles. The Hall–Kier alpha value is -4.26. The lowest BCUT2D eigenvalue weighted by atomic mass is 10.1. The Morgan fingerprint density at radius 2 is 1.74 bits per heavy atom. The van der Waals surface area contributed by atoms with Gasteiger partial charge in [0, 0.05) is 12.1 Å². The van der Waals surface area contributed by atoms with E-state index in [4.69, 9.17) is 4.52 Å². The zero-order valence-corrected chi connectivity index (χ0v) is 16.8. The fourth-order valence-corrected chi connectivity index (χ4v) is 3.51. The highest BCUT2D eigenvalue weighted by Gasteiger charge is 2.18. The van der Waals surface area contributed by atoms with Crippen LogP contribution in [0.25, 0.3) is 27.9 Å². The van der Waals surface area contributed by atoms with Gasteiger partial charge in [-0.1, -0.05) is 71.0 Å². The summed E-state index contributed by atoms with van der Waals surface area (Å²) in [4.78, 5) is 12.6. The molecule has 152 valence electrons. The SMILES string of the molecule is Cc1c(C(=O)NCc2ccccc2)nnn1-c1ccc2noc(-c3ccccc3)c2c1. The normalized spacial score (nSPS) is 11.0. The fraction of sp³-hybridized carbons (Fsp3) is 0.0833. The van der Waals surface area contributed by atoms with Crippen molar-refractivity contribution in [2.24, 2.45) is 0 Å². The molecule has 0 bridgehead atoms. The second-order valence-electron chi connectivity index (χ2n) is 7.18. The van der Waals surface area contributed by atoms with Gasteiger partial charge in [0.2, 0.25) is 0 Å². The molecule has 7 nitrogen and oxygen atoms in total. The monoisotopic (exact) mass is 409 g/mol. The van der Waals surface area contributed by atoms with Crippen LogP contribution in [-0.2, 0) is 6.54 Å². The van der Waals surface area contributed by atoms with E-state index in [-0.39, 0.29) is 5.91 Å². The molecule has 5 rings (SSSR count). The van der Waals surface area contributed by atoms with Crippen LogP contribution < -0.4 is 5.32 Å². The van der Waals surface area contributed by atoms with Gasteiger partial charge in [0.1, 0.15) is 5.52 Å². The summed E-state index contributed by atoms with van der Waals surface area (Å²) >= 11 is 0. The minimum atomic E-state index is -0.261. The number of nitrogens with zero attached hydrogens (tertiary/aromatic N) is 4. The first-order valence-corrected chi connectivity index (χ1v) is 9.90. The molecule has 0 aliphatic heterocycles. The molecule has 2 aromatic heterocycles. The number of fused-ring (bicyclic) bond motifs is 1. The first-order valence-electron chi connectivity index (χ1n) is 9.90. The van der Waals surface area contributed by atoms with Gasteiger partial charge in [-0.15, -0.1) is 5.10 Å². The van der Waals surface area contributed by atoms with Gasteiger partial charge >= 0.3 is 0 Å². The van der Waals surface area contributed by atoms with Crippen molar-refractivity contribution in [2.75, 3.05) is 0 Å². The van der Waals surface area contributed by atoms with E-state index < -0.39 is 0 Å². The lowest BCUT2D eigenvalue weighted by Gasteiger charge is -2.06. The lowest BCUT2D eigenvalue weighted by molar-refractivity contribution is 0.0945. The van der Waals surface area contributed by atoms with Crippen molar-refractivity contribution < 1.29 is 9.32 Å². The van der Waals surface area contributed by atoms with E-state index in [2.05, 4.69) is 20.8 Å². The van der Waals surface area contributed by atoms with Gasteiger partial charge in [-0.05, 0) is 30.7 Å². The smallest absolute Gasteiger partial charge is 0.274 e. The van der Waals surface area contributed by atoms with Crippen molar-refractivity contribution in [3.8, 4) is 17.0 Å². The van der Waals surface area contributed by atoms with Crippen LogP contribution in [0.2, 0.25) is 0 Å². The Morgan fingerprint density at radius 3 is 2.52 bits per heavy atom. The van der Waals surface area contributed by atoms with E-state index in [1.165, 1.54) is 0 Å². The van der Waals surface area contributed by atoms with E-state index in [0.29, 0.717) is 23.7 Å². The van der Waals surface area contributed by atoms with Gasteiger partial charge in [-0.3, -0.25) is 4.79 Å². The van der Waals surface area contributed by atoms with Gasteiger partial charge in [-0.2, -0.15) is 0 Å². The van der Waals surface area contributed by atoms with Crippen LogP contribution in [0.4, 0.5) is 0 Å². The third-order valence-corrected chi connectivity index (χ3v) is 5.15. The molecule has 0 aliphatic carbocycles. The van der Waals surface area contributed by atoms with Crippen LogP contribution in [0, 0.1) is 6.92 Å². The first-order chi connectivity index (χ1) is 15.2. The molecule has 0 aliphatic rings. The topological polar surface area (TPSA) is 85.8 Å². The van der Waals surface area contributed by atoms with Crippen molar-refractivity contribution in [2.45, 2.75) is 13.5 Å². The molecule has 1 amide bonds. The van der Waals surface area contributed by atoms with Gasteiger partial charge in [-0.25, -0.2) is 4.68 Å². The summed E-state index contributed by atoms with van der Waals surface area (Å²) in [6.07, 6.45) is 0. The first kappa shape index (κ1) is 18.7. The number of amides is 1. The van der Waals surface area contributed by atoms with Gasteiger partial charge < -0.3 is 9.84 Å². The van der Waals surface area contributed by atoms with Crippen LogP contribution in [0.3, 0.4) is 0 Å². The molecule has 0 unspecified atom stereocenters. The fourth-order valence-electron chi connectivity index (χ4n) is 3.51. The van der Waals surface area contributed by atoms with Crippen LogP contribution in [-0.4, -0.2) is 26.1 Å². The Balaban J connectivity index is 1.44. The van der Waals surface area contributed by atoms with Crippen molar-refractivity contribution >= 4 is 16.8 Å². The maximum atomic E-state index is 12.6. The second kappa shape index (κ2) is 7.87. The van der Waals surface area contributed by atoms with Crippen molar-refractivity contribution in [3.63, 3.8) is 0 Å². The molecule has 7 heteroatoms. The number of aromatic nitrogens is 4. The van der Waals surface area contributed by atoms with Gasteiger partial charge in [0.05, 0.1) is 16.8 Å². The molecule has 2 heterocycles. The number of rotatable bonds is 5. The van der Waals surface area contributed by atoms with Crippen LogP contribution in [0.5, 0.6) is 0 Å². The zero-order valence-electron chi connectivity index (χ0n) is 16.8. The minimum Gasteiger partial charge on any atom is -0.355 e. The van der Waals surface area contributed by atoms with Gasteiger partial charge in [0.25, 0.3) is 5.91 Å². The summed E-state index contributed by atoms with van der Waals surface area (Å²) in [5.74, 6) is 0.430. The molecule has 31 heavy (non-hydrogen) atoms. The zero-order chi connectivity index (χ0) is 21.2. The number of nitrogens with one attached hydrogen (secondary N) is 1. The summed E-state index contributed by atoms with van der Waals surface area (Å²) < 4.78 is 7.23. The van der Waals surface area contributed by atoms with E-state index in [1.807, 2.05) is 85.8 Å². The summed E-state index contributed by atoms with van der Waals surface area (Å²) in [6.45, 7) is 2.26. The molecule has 0 saturated heterocycles. The average molecular weight is 409 g/mol. The molecule has 0 fully saturated rings. The van der Waals surface area contributed by atoms with Crippen LogP contribution in [0.15, 0.2) is 83.4 Å². The maximum Gasteiger partial charge on any atom is 0.274 e. The molecule has 5 aromatic rings. The molecular formula is C24H19N5O2. The number of carbonyl (C=O) groups is 1. The van der Waals surface area contributed by atoms with Crippen LogP contribution >= 0.6 is 0 Å². The highest BCUT2D eigenvalue weighted by Crippen LogP contribution is 2.30. The highest BCUT2D eigenvalue weighted by molar-refractivity contribution is 5.94. The van der Waals surface area contributed by atoms with E-state index >= 15 is 0 Å². The number of hydrogen-bond acceptors (Lipinski definition) is 5. The second-order valence-corrected chi connectivity index (χ2v) is 7.18.